The van der Waals surface area contributed by atoms with Crippen molar-refractivity contribution in [2.24, 2.45) is 0 Å². The second-order valence-electron chi connectivity index (χ2n) is 9.30. The van der Waals surface area contributed by atoms with Crippen molar-refractivity contribution in [3.63, 3.8) is 0 Å². The third-order valence-corrected chi connectivity index (χ3v) is 6.67. The van der Waals surface area contributed by atoms with E-state index >= 15 is 0 Å². The van der Waals surface area contributed by atoms with Crippen LogP contribution in [0, 0.1) is 0 Å². The molecule has 6 rings (SSSR count). The Kier molecular flexibility index (Phi) is 5.80. The number of phenols is 1. The maximum atomic E-state index is 12.6. The van der Waals surface area contributed by atoms with Crippen LogP contribution in [0.3, 0.4) is 0 Å². The predicted octanol–water partition coefficient (Wildman–Crippen LogP) is 4.39. The number of nitrogen functional groups attached to an aromatic ring is 1. The molecule has 188 valence electrons. The smallest absolute Gasteiger partial charge is 0.251 e. The largest absolute Gasteiger partial charge is 0.507 e. The molecule has 2 aromatic carbocycles. The van der Waals surface area contributed by atoms with E-state index in [0.29, 0.717) is 29.4 Å². The first kappa shape index (κ1) is 23.4. The lowest BCUT2D eigenvalue weighted by Gasteiger charge is -2.12. The molecule has 0 aliphatic heterocycles. The van der Waals surface area contributed by atoms with Crippen LogP contribution in [-0.2, 0) is 6.54 Å². The number of carbonyl (C=O) groups is 2. The van der Waals surface area contributed by atoms with Gasteiger partial charge in [-0.15, -0.1) is 0 Å². The predicted molar refractivity (Wildman–Crippen MR) is 143 cm³/mol. The summed E-state index contributed by atoms with van der Waals surface area (Å²) in [5.74, 6) is 1.04. The number of aromatic nitrogens is 4. The normalized spacial score (nSPS) is 12.9. The Morgan fingerprint density at radius 1 is 1.08 bits per heavy atom. The van der Waals surface area contributed by atoms with E-state index in [0.717, 1.165) is 46.5 Å². The SMILES string of the molecule is Nc1ncccc1-c1nc2ccc(C3CC3)nc2n1-c1ccc(CNC(=O)c2ccc(O)c(C=O)c2)cc1. The molecule has 1 aliphatic rings. The zero-order valence-electron chi connectivity index (χ0n) is 20.3. The van der Waals surface area contributed by atoms with Gasteiger partial charge in [0.1, 0.15) is 17.1 Å². The molecule has 3 heterocycles. The van der Waals surface area contributed by atoms with Crippen molar-refractivity contribution in [3.05, 3.63) is 95.3 Å². The molecule has 0 saturated heterocycles. The van der Waals surface area contributed by atoms with E-state index in [9.17, 15) is 14.7 Å². The summed E-state index contributed by atoms with van der Waals surface area (Å²) < 4.78 is 1.99. The van der Waals surface area contributed by atoms with E-state index < -0.39 is 0 Å². The first-order valence-electron chi connectivity index (χ1n) is 12.3. The third-order valence-electron chi connectivity index (χ3n) is 6.67. The number of phenolic OH excluding ortho intramolecular Hbond substituents is 1. The van der Waals surface area contributed by atoms with Crippen molar-refractivity contribution in [2.45, 2.75) is 25.3 Å². The van der Waals surface area contributed by atoms with Gasteiger partial charge in [0.2, 0.25) is 0 Å². The number of nitrogens with two attached hydrogens (primary N) is 1. The molecule has 4 N–H and O–H groups in total. The zero-order valence-corrected chi connectivity index (χ0v) is 20.3. The van der Waals surface area contributed by atoms with Gasteiger partial charge in [-0.05, 0) is 73.0 Å². The number of fused-ring (bicyclic) bond motifs is 1. The Labute approximate surface area is 218 Å². The monoisotopic (exact) mass is 504 g/mol. The molecule has 0 spiro atoms. The zero-order chi connectivity index (χ0) is 26.2. The van der Waals surface area contributed by atoms with E-state index in [2.05, 4.69) is 10.3 Å². The van der Waals surface area contributed by atoms with Crippen molar-refractivity contribution in [1.29, 1.82) is 0 Å². The molecule has 9 heteroatoms. The number of anilines is 1. The van der Waals surface area contributed by atoms with Gasteiger partial charge in [-0.25, -0.2) is 15.0 Å². The van der Waals surface area contributed by atoms with Crippen LogP contribution in [-0.4, -0.2) is 36.8 Å². The van der Waals surface area contributed by atoms with E-state index in [1.54, 1.807) is 6.20 Å². The van der Waals surface area contributed by atoms with Crippen LogP contribution >= 0.6 is 0 Å². The lowest BCUT2D eigenvalue weighted by Crippen LogP contribution is -2.22. The highest BCUT2D eigenvalue weighted by atomic mass is 16.3. The van der Waals surface area contributed by atoms with E-state index in [-0.39, 0.29) is 23.8 Å². The fraction of sp³-hybridized carbons (Fsp3) is 0.138. The minimum Gasteiger partial charge on any atom is -0.507 e. The molecule has 0 radical (unpaired) electrons. The van der Waals surface area contributed by atoms with Gasteiger partial charge in [0.15, 0.2) is 17.8 Å². The van der Waals surface area contributed by atoms with Gasteiger partial charge in [0, 0.05) is 35.6 Å². The number of aldehydes is 1. The van der Waals surface area contributed by atoms with Crippen molar-refractivity contribution >= 4 is 29.2 Å². The van der Waals surface area contributed by atoms with Crippen LogP contribution in [0.25, 0.3) is 28.2 Å². The molecule has 1 amide bonds. The number of imidazole rings is 1. The number of rotatable bonds is 7. The molecular weight excluding hydrogens is 480 g/mol. The number of nitrogens with zero attached hydrogens (tertiary/aromatic N) is 4. The summed E-state index contributed by atoms with van der Waals surface area (Å²) in [7, 11) is 0. The van der Waals surface area contributed by atoms with Gasteiger partial charge in [-0.3, -0.25) is 14.2 Å². The molecular formula is C29H24N6O3. The minimum atomic E-state index is -0.344. The van der Waals surface area contributed by atoms with Gasteiger partial charge in [-0.1, -0.05) is 12.1 Å². The highest BCUT2D eigenvalue weighted by molar-refractivity contribution is 5.96. The minimum absolute atomic E-state index is 0.0677. The average Bonchev–Trinajstić information content (AvgIpc) is 3.73. The van der Waals surface area contributed by atoms with Crippen molar-refractivity contribution in [2.75, 3.05) is 5.73 Å². The molecule has 38 heavy (non-hydrogen) atoms. The second kappa shape index (κ2) is 9.44. The third kappa shape index (κ3) is 4.34. The van der Waals surface area contributed by atoms with Crippen molar-refractivity contribution in [1.82, 2.24) is 24.8 Å². The van der Waals surface area contributed by atoms with Gasteiger partial charge in [0.25, 0.3) is 5.91 Å². The highest BCUT2D eigenvalue weighted by Gasteiger charge is 2.26. The molecule has 3 aromatic heterocycles. The Balaban J connectivity index is 1.31. The van der Waals surface area contributed by atoms with Gasteiger partial charge < -0.3 is 16.2 Å². The second-order valence-corrected chi connectivity index (χ2v) is 9.30. The van der Waals surface area contributed by atoms with Gasteiger partial charge in [-0.2, -0.15) is 0 Å². The summed E-state index contributed by atoms with van der Waals surface area (Å²) in [5.41, 5.74) is 11.6. The van der Waals surface area contributed by atoms with E-state index in [1.807, 2.05) is 53.1 Å². The van der Waals surface area contributed by atoms with Crippen LogP contribution in [0.2, 0.25) is 0 Å². The Bertz CT molecular complexity index is 1690. The first-order chi connectivity index (χ1) is 18.5. The van der Waals surface area contributed by atoms with Crippen molar-refractivity contribution < 1.29 is 14.7 Å². The Morgan fingerprint density at radius 2 is 1.89 bits per heavy atom. The van der Waals surface area contributed by atoms with Gasteiger partial charge >= 0.3 is 0 Å². The van der Waals surface area contributed by atoms with Crippen LogP contribution in [0.5, 0.6) is 5.75 Å². The lowest BCUT2D eigenvalue weighted by atomic mass is 10.1. The Morgan fingerprint density at radius 3 is 2.63 bits per heavy atom. The highest BCUT2D eigenvalue weighted by Crippen LogP contribution is 2.40. The molecule has 1 fully saturated rings. The molecule has 1 aliphatic carbocycles. The number of aromatic hydroxyl groups is 1. The summed E-state index contributed by atoms with van der Waals surface area (Å²) in [5, 5.41) is 12.5. The number of amides is 1. The summed E-state index contributed by atoms with van der Waals surface area (Å²) in [6, 6.07) is 19.7. The molecule has 0 unspecified atom stereocenters. The van der Waals surface area contributed by atoms with E-state index in [4.69, 9.17) is 15.7 Å². The fourth-order valence-electron chi connectivity index (χ4n) is 4.45. The van der Waals surface area contributed by atoms with E-state index in [1.165, 1.54) is 18.2 Å². The number of benzene rings is 2. The topological polar surface area (TPSA) is 136 Å². The first-order valence-corrected chi connectivity index (χ1v) is 12.3. The summed E-state index contributed by atoms with van der Waals surface area (Å²) in [6.07, 6.45) is 4.46. The number of nitrogens with one attached hydrogen (secondary N) is 1. The van der Waals surface area contributed by atoms with Crippen molar-refractivity contribution in [3.8, 4) is 22.8 Å². The van der Waals surface area contributed by atoms with Crippen LogP contribution < -0.4 is 11.1 Å². The molecule has 0 bridgehead atoms. The number of carbonyl (C=O) groups excluding carboxylic acids is 2. The van der Waals surface area contributed by atoms with Crippen LogP contribution in [0.4, 0.5) is 5.82 Å². The average molecular weight is 505 g/mol. The van der Waals surface area contributed by atoms with Crippen LogP contribution in [0.1, 0.15) is 50.7 Å². The summed E-state index contributed by atoms with van der Waals surface area (Å²) in [6.45, 7) is 0.285. The van der Waals surface area contributed by atoms with Crippen LogP contribution in [0.15, 0.2) is 72.9 Å². The summed E-state index contributed by atoms with van der Waals surface area (Å²) >= 11 is 0. The lowest BCUT2D eigenvalue weighted by molar-refractivity contribution is 0.0951. The quantitative estimate of drug-likeness (QED) is 0.280. The molecule has 9 nitrogen and oxygen atoms in total. The number of hydrogen-bond donors (Lipinski definition) is 3. The fourth-order valence-corrected chi connectivity index (χ4v) is 4.45. The molecule has 1 saturated carbocycles. The maximum absolute atomic E-state index is 12.6. The Hall–Kier alpha value is -5.05. The number of pyridine rings is 2. The molecule has 5 aromatic rings. The summed E-state index contributed by atoms with van der Waals surface area (Å²) in [4.78, 5) is 37.7. The maximum Gasteiger partial charge on any atom is 0.251 e. The molecule has 0 atom stereocenters. The van der Waals surface area contributed by atoms with Gasteiger partial charge in [0.05, 0.1) is 11.1 Å². The standard InChI is InChI=1S/C29H24N6O3/c30-26-22(2-1-13-31-26)27-34-24-11-10-23(18-5-6-18)33-28(24)35(27)21-8-3-17(4-9-21)15-32-29(38)19-7-12-25(37)20(14-19)16-36/h1-4,7-14,16,18,37H,5-6,15H2,(H2,30,31)(H,32,38). The number of hydrogen-bond acceptors (Lipinski definition) is 7.